The van der Waals surface area contributed by atoms with Gasteiger partial charge in [-0.3, -0.25) is 0 Å². The summed E-state index contributed by atoms with van der Waals surface area (Å²) in [7, 11) is -0.435. The molecule has 0 fully saturated rings. The van der Waals surface area contributed by atoms with Crippen LogP contribution in [0.5, 0.6) is 0 Å². The molecule has 30 heavy (non-hydrogen) atoms. The number of aromatic nitrogens is 3. The Kier molecular flexibility index (Phi) is 5.05. The van der Waals surface area contributed by atoms with Crippen molar-refractivity contribution in [2.75, 3.05) is 19.4 Å². The molecule has 0 aliphatic rings. The van der Waals surface area contributed by atoms with Gasteiger partial charge in [0.2, 0.25) is 10.0 Å². The molecule has 0 saturated carbocycles. The minimum absolute atomic E-state index is 0.244. The Morgan fingerprint density at radius 1 is 0.933 bits per heavy atom. The molecule has 2 aromatic carbocycles. The third kappa shape index (κ3) is 3.79. The van der Waals surface area contributed by atoms with E-state index in [9.17, 15) is 8.42 Å². The van der Waals surface area contributed by atoms with E-state index in [1.54, 1.807) is 28.8 Å². The van der Waals surface area contributed by atoms with Gasteiger partial charge in [0.1, 0.15) is 5.82 Å². The summed E-state index contributed by atoms with van der Waals surface area (Å²) in [5.41, 5.74) is 5.38. The zero-order valence-corrected chi connectivity index (χ0v) is 18.1. The fourth-order valence-corrected chi connectivity index (χ4v) is 4.02. The number of hydrogen-bond donors (Lipinski definition) is 1. The molecule has 0 aliphatic carbocycles. The van der Waals surface area contributed by atoms with Crippen molar-refractivity contribution in [1.82, 2.24) is 18.9 Å². The normalized spacial score (nSPS) is 11.9. The van der Waals surface area contributed by atoms with Crippen molar-refractivity contribution >= 4 is 27.2 Å². The van der Waals surface area contributed by atoms with Crippen molar-refractivity contribution in [2.24, 2.45) is 0 Å². The summed E-state index contributed by atoms with van der Waals surface area (Å²) in [4.78, 5) is 4.98. The van der Waals surface area contributed by atoms with Gasteiger partial charge >= 0.3 is 0 Å². The first-order valence-corrected chi connectivity index (χ1v) is 10.9. The Morgan fingerprint density at radius 2 is 1.60 bits per heavy atom. The van der Waals surface area contributed by atoms with Gasteiger partial charge in [-0.15, -0.1) is 0 Å². The van der Waals surface area contributed by atoms with Gasteiger partial charge in [0, 0.05) is 37.5 Å². The van der Waals surface area contributed by atoms with E-state index in [4.69, 9.17) is 4.98 Å². The Balaban J connectivity index is 1.74. The van der Waals surface area contributed by atoms with E-state index >= 15 is 0 Å². The van der Waals surface area contributed by atoms with Gasteiger partial charge in [0.05, 0.1) is 16.3 Å². The predicted molar refractivity (Wildman–Crippen MR) is 118 cm³/mol. The minimum Gasteiger partial charge on any atom is -0.340 e. The molecule has 2 aromatic heterocycles. The number of nitrogens with one attached hydrogen (secondary N) is 1. The van der Waals surface area contributed by atoms with Gasteiger partial charge in [0.25, 0.3) is 0 Å². The van der Waals surface area contributed by atoms with Gasteiger partial charge in [-0.2, -0.15) is 9.61 Å². The smallest absolute Gasteiger partial charge is 0.242 e. The van der Waals surface area contributed by atoms with E-state index in [1.165, 1.54) is 24.0 Å². The standard InChI is InChI=1S/C22H23N5O2S/c1-15-5-7-17(8-6-15)20-14-22(27-21(24-20)13-16(2)25-27)23-18-9-11-19(12-10-18)30(28,29)26(3)4/h5-14,23H,1-4H3. The number of fused-ring (bicyclic) bond motifs is 1. The Bertz CT molecular complexity index is 1310. The van der Waals surface area contributed by atoms with E-state index < -0.39 is 10.0 Å². The van der Waals surface area contributed by atoms with Crippen LogP contribution in [0.2, 0.25) is 0 Å². The first-order chi connectivity index (χ1) is 14.2. The zero-order valence-electron chi connectivity index (χ0n) is 17.3. The van der Waals surface area contributed by atoms with Crippen molar-refractivity contribution in [2.45, 2.75) is 18.7 Å². The average Bonchev–Trinajstić information content (AvgIpc) is 3.09. The summed E-state index contributed by atoms with van der Waals surface area (Å²) < 4.78 is 27.5. The van der Waals surface area contributed by atoms with Crippen molar-refractivity contribution in [3.05, 3.63) is 71.9 Å². The van der Waals surface area contributed by atoms with Crippen molar-refractivity contribution in [1.29, 1.82) is 0 Å². The highest BCUT2D eigenvalue weighted by Gasteiger charge is 2.17. The summed E-state index contributed by atoms with van der Waals surface area (Å²) in [6.07, 6.45) is 0. The second kappa shape index (κ2) is 7.55. The molecule has 1 N–H and O–H groups in total. The lowest BCUT2D eigenvalue weighted by Gasteiger charge is -2.13. The van der Waals surface area contributed by atoms with Crippen LogP contribution in [-0.4, -0.2) is 41.4 Å². The number of nitrogens with zero attached hydrogens (tertiary/aromatic N) is 4. The molecule has 0 radical (unpaired) electrons. The molecule has 7 nitrogen and oxygen atoms in total. The molecule has 154 valence electrons. The van der Waals surface area contributed by atoms with E-state index in [0.717, 1.165) is 34.1 Å². The first-order valence-electron chi connectivity index (χ1n) is 9.48. The minimum atomic E-state index is -3.47. The van der Waals surface area contributed by atoms with Crippen LogP contribution in [0, 0.1) is 13.8 Å². The van der Waals surface area contributed by atoms with Crippen molar-refractivity contribution < 1.29 is 8.42 Å². The van der Waals surface area contributed by atoms with Crippen LogP contribution in [0.3, 0.4) is 0 Å². The summed E-state index contributed by atoms with van der Waals surface area (Å²) in [5.74, 6) is 0.742. The monoisotopic (exact) mass is 421 g/mol. The second-order valence-electron chi connectivity index (χ2n) is 7.39. The Morgan fingerprint density at radius 3 is 2.23 bits per heavy atom. The van der Waals surface area contributed by atoms with Crippen LogP contribution in [0.4, 0.5) is 11.5 Å². The van der Waals surface area contributed by atoms with Gasteiger partial charge in [0.15, 0.2) is 5.65 Å². The largest absolute Gasteiger partial charge is 0.340 e. The van der Waals surface area contributed by atoms with E-state index in [1.807, 2.05) is 38.1 Å². The van der Waals surface area contributed by atoms with Gasteiger partial charge in [-0.25, -0.2) is 17.7 Å². The highest BCUT2D eigenvalue weighted by atomic mass is 32.2. The van der Waals surface area contributed by atoms with E-state index in [2.05, 4.69) is 22.5 Å². The maximum atomic E-state index is 12.3. The van der Waals surface area contributed by atoms with Crippen molar-refractivity contribution in [3.63, 3.8) is 0 Å². The number of aryl methyl sites for hydroxylation is 2. The zero-order chi connectivity index (χ0) is 21.5. The summed E-state index contributed by atoms with van der Waals surface area (Å²) >= 11 is 0. The lowest BCUT2D eigenvalue weighted by molar-refractivity contribution is 0.521. The average molecular weight is 422 g/mol. The lowest BCUT2D eigenvalue weighted by atomic mass is 10.1. The van der Waals surface area contributed by atoms with Crippen LogP contribution in [0.25, 0.3) is 16.9 Å². The quantitative estimate of drug-likeness (QED) is 0.527. The Hall–Kier alpha value is -3.23. The Labute approximate surface area is 176 Å². The molecule has 4 aromatic rings. The SMILES string of the molecule is Cc1ccc(-c2cc(Nc3ccc(S(=O)(=O)N(C)C)cc3)n3nc(C)cc3n2)cc1. The molecular formula is C22H23N5O2S. The number of benzene rings is 2. The number of rotatable bonds is 5. The molecule has 0 amide bonds. The fraction of sp³-hybridized carbons (Fsp3) is 0.182. The molecular weight excluding hydrogens is 398 g/mol. The van der Waals surface area contributed by atoms with Crippen LogP contribution >= 0.6 is 0 Å². The summed E-state index contributed by atoms with van der Waals surface area (Å²) in [5, 5.41) is 7.87. The maximum absolute atomic E-state index is 12.3. The predicted octanol–water partition coefficient (Wildman–Crippen LogP) is 4.01. The molecule has 0 aliphatic heterocycles. The van der Waals surface area contributed by atoms with Crippen LogP contribution in [-0.2, 0) is 10.0 Å². The van der Waals surface area contributed by atoms with Crippen LogP contribution in [0.15, 0.2) is 65.6 Å². The van der Waals surface area contributed by atoms with Gasteiger partial charge in [-0.1, -0.05) is 29.8 Å². The lowest BCUT2D eigenvalue weighted by Crippen LogP contribution is -2.22. The number of anilines is 2. The molecule has 0 atom stereocenters. The third-order valence-corrected chi connectivity index (χ3v) is 6.63. The van der Waals surface area contributed by atoms with Crippen LogP contribution in [0.1, 0.15) is 11.3 Å². The first kappa shape index (κ1) is 20.1. The molecule has 2 heterocycles. The maximum Gasteiger partial charge on any atom is 0.242 e. The van der Waals surface area contributed by atoms with Gasteiger partial charge in [-0.05, 0) is 38.1 Å². The topological polar surface area (TPSA) is 79.6 Å². The summed E-state index contributed by atoms with van der Waals surface area (Å²) in [6.45, 7) is 3.97. The molecule has 0 unspecified atom stereocenters. The number of hydrogen-bond acceptors (Lipinski definition) is 5. The van der Waals surface area contributed by atoms with E-state index in [0.29, 0.717) is 0 Å². The fourth-order valence-electron chi connectivity index (χ4n) is 3.12. The molecule has 4 rings (SSSR count). The summed E-state index contributed by atoms with van der Waals surface area (Å²) in [6, 6.07) is 18.7. The third-order valence-electron chi connectivity index (χ3n) is 4.80. The second-order valence-corrected chi connectivity index (χ2v) is 9.54. The number of sulfonamides is 1. The molecule has 0 bridgehead atoms. The molecule has 0 spiro atoms. The highest BCUT2D eigenvalue weighted by Crippen LogP contribution is 2.26. The van der Waals surface area contributed by atoms with Crippen molar-refractivity contribution in [3.8, 4) is 11.3 Å². The van der Waals surface area contributed by atoms with Gasteiger partial charge < -0.3 is 5.32 Å². The van der Waals surface area contributed by atoms with E-state index in [-0.39, 0.29) is 4.90 Å². The van der Waals surface area contributed by atoms with Crippen LogP contribution < -0.4 is 5.32 Å². The highest BCUT2D eigenvalue weighted by molar-refractivity contribution is 7.89. The molecule has 0 saturated heterocycles. The molecule has 8 heteroatoms.